The summed E-state index contributed by atoms with van der Waals surface area (Å²) in [5.41, 5.74) is 5.33. The minimum atomic E-state index is -1.05. The standard InChI is InChI=1S/C30H30N2O6/c33-28(34)17-22-18-31(29(35)37-19-21-9-2-1-3-10-21)15-8-16-32(22)30(36)38-20-27-25-13-6-4-11-23(25)24-12-5-7-14-26(24)27/h1-7,9-14,22,27H,8,15-20H2,(H,33,34). The van der Waals surface area contributed by atoms with E-state index in [4.69, 9.17) is 9.47 Å². The predicted molar refractivity (Wildman–Crippen MR) is 141 cm³/mol. The SMILES string of the molecule is O=C(O)CC1CN(C(=O)OCc2ccccc2)CCCN1C(=O)OCC1c2ccccc2-c2ccccc21. The third-order valence-corrected chi connectivity index (χ3v) is 7.14. The second-order valence-corrected chi connectivity index (χ2v) is 9.59. The van der Waals surface area contributed by atoms with Crippen molar-refractivity contribution >= 4 is 18.2 Å². The third kappa shape index (κ3) is 5.49. The van der Waals surface area contributed by atoms with Crippen LogP contribution in [0.15, 0.2) is 78.9 Å². The number of amides is 2. The highest BCUT2D eigenvalue weighted by Crippen LogP contribution is 2.44. The number of benzene rings is 3. The van der Waals surface area contributed by atoms with Crippen molar-refractivity contribution in [1.82, 2.24) is 9.80 Å². The summed E-state index contributed by atoms with van der Waals surface area (Å²) in [6.45, 7) is 0.972. The number of hydrogen-bond acceptors (Lipinski definition) is 5. The summed E-state index contributed by atoms with van der Waals surface area (Å²) in [7, 11) is 0. The number of carboxylic acid groups (broad SMARTS) is 1. The molecule has 8 nitrogen and oxygen atoms in total. The summed E-state index contributed by atoms with van der Waals surface area (Å²) in [6, 6.07) is 24.8. The molecular formula is C30H30N2O6. The quantitative estimate of drug-likeness (QED) is 0.490. The van der Waals surface area contributed by atoms with Gasteiger partial charge in [-0.15, -0.1) is 0 Å². The van der Waals surface area contributed by atoms with Crippen LogP contribution in [0.2, 0.25) is 0 Å². The largest absolute Gasteiger partial charge is 0.481 e. The molecule has 3 aromatic rings. The van der Waals surface area contributed by atoms with Crippen LogP contribution in [0.5, 0.6) is 0 Å². The molecule has 0 aromatic heterocycles. The van der Waals surface area contributed by atoms with Crippen molar-refractivity contribution in [3.63, 3.8) is 0 Å². The van der Waals surface area contributed by atoms with Crippen LogP contribution >= 0.6 is 0 Å². The number of fused-ring (bicyclic) bond motifs is 3. The van der Waals surface area contributed by atoms with E-state index >= 15 is 0 Å². The van der Waals surface area contributed by atoms with Gasteiger partial charge in [0.25, 0.3) is 0 Å². The molecular weight excluding hydrogens is 484 g/mol. The first-order valence-electron chi connectivity index (χ1n) is 12.8. The Morgan fingerprint density at radius 2 is 1.42 bits per heavy atom. The summed E-state index contributed by atoms with van der Waals surface area (Å²) in [6.07, 6.45) is -0.913. The highest BCUT2D eigenvalue weighted by atomic mass is 16.6. The number of rotatable bonds is 6. The predicted octanol–water partition coefficient (Wildman–Crippen LogP) is 5.12. The van der Waals surface area contributed by atoms with Gasteiger partial charge in [0.05, 0.1) is 12.5 Å². The second-order valence-electron chi connectivity index (χ2n) is 9.59. The number of carboxylic acids is 1. The first-order chi connectivity index (χ1) is 18.5. The van der Waals surface area contributed by atoms with Crippen molar-refractivity contribution in [3.05, 3.63) is 95.6 Å². The van der Waals surface area contributed by atoms with Gasteiger partial charge in [-0.2, -0.15) is 0 Å². The molecule has 1 aliphatic carbocycles. The Bertz CT molecular complexity index is 1270. The maximum Gasteiger partial charge on any atom is 0.410 e. The summed E-state index contributed by atoms with van der Waals surface area (Å²) in [5.74, 6) is -1.15. The van der Waals surface area contributed by atoms with E-state index < -0.39 is 24.2 Å². The van der Waals surface area contributed by atoms with Crippen molar-refractivity contribution in [2.45, 2.75) is 31.4 Å². The number of aliphatic carboxylic acids is 1. The lowest BCUT2D eigenvalue weighted by Gasteiger charge is -2.30. The lowest BCUT2D eigenvalue weighted by Crippen LogP contribution is -2.47. The number of carbonyl (C=O) groups is 3. The minimum absolute atomic E-state index is 0.0596. The van der Waals surface area contributed by atoms with Crippen LogP contribution in [-0.2, 0) is 20.9 Å². The number of hydrogen-bond donors (Lipinski definition) is 1. The molecule has 0 saturated carbocycles. The molecule has 1 N–H and O–H groups in total. The van der Waals surface area contributed by atoms with Crippen molar-refractivity contribution in [3.8, 4) is 11.1 Å². The Hall–Kier alpha value is -4.33. The molecule has 0 spiro atoms. The summed E-state index contributed by atoms with van der Waals surface area (Å²) < 4.78 is 11.3. The Balaban J connectivity index is 1.25. The average molecular weight is 515 g/mol. The van der Waals surface area contributed by atoms with Crippen molar-refractivity contribution in [1.29, 1.82) is 0 Å². The van der Waals surface area contributed by atoms with E-state index in [-0.39, 0.29) is 38.6 Å². The normalized spacial score (nSPS) is 16.8. The topological polar surface area (TPSA) is 96.4 Å². The molecule has 3 aromatic carbocycles. The van der Waals surface area contributed by atoms with E-state index in [1.54, 1.807) is 0 Å². The van der Waals surface area contributed by atoms with E-state index in [0.717, 1.165) is 27.8 Å². The maximum absolute atomic E-state index is 13.3. The molecule has 0 bridgehead atoms. The first-order valence-corrected chi connectivity index (χ1v) is 12.8. The molecule has 1 atom stereocenters. The van der Waals surface area contributed by atoms with Gasteiger partial charge in [-0.3, -0.25) is 4.79 Å². The molecule has 196 valence electrons. The van der Waals surface area contributed by atoms with Crippen LogP contribution in [0.3, 0.4) is 0 Å². The molecule has 8 heteroatoms. The van der Waals surface area contributed by atoms with Gasteiger partial charge in [0.15, 0.2) is 0 Å². The molecule has 38 heavy (non-hydrogen) atoms. The number of ether oxygens (including phenoxy) is 2. The van der Waals surface area contributed by atoms with Crippen LogP contribution in [0.4, 0.5) is 9.59 Å². The van der Waals surface area contributed by atoms with E-state index in [1.807, 2.05) is 66.7 Å². The molecule has 1 unspecified atom stereocenters. The molecule has 1 saturated heterocycles. The van der Waals surface area contributed by atoms with Crippen LogP contribution in [-0.4, -0.2) is 65.3 Å². The van der Waals surface area contributed by atoms with Gasteiger partial charge >= 0.3 is 18.2 Å². The smallest absolute Gasteiger partial charge is 0.410 e. The number of nitrogens with zero attached hydrogens (tertiary/aromatic N) is 2. The van der Waals surface area contributed by atoms with E-state index in [9.17, 15) is 19.5 Å². The van der Waals surface area contributed by atoms with Crippen LogP contribution in [0, 0.1) is 0 Å². The summed E-state index contributed by atoms with van der Waals surface area (Å²) in [5, 5.41) is 9.54. The molecule has 1 heterocycles. The Morgan fingerprint density at radius 3 is 2.08 bits per heavy atom. The monoisotopic (exact) mass is 514 g/mol. The van der Waals surface area contributed by atoms with Crippen LogP contribution in [0.25, 0.3) is 11.1 Å². The van der Waals surface area contributed by atoms with Gasteiger partial charge in [0.1, 0.15) is 13.2 Å². The average Bonchev–Trinajstić information content (AvgIpc) is 3.10. The molecule has 1 aliphatic heterocycles. The molecule has 5 rings (SSSR count). The van der Waals surface area contributed by atoms with Crippen LogP contribution < -0.4 is 0 Å². The maximum atomic E-state index is 13.3. The first kappa shape index (κ1) is 25.3. The molecule has 0 radical (unpaired) electrons. The highest BCUT2D eigenvalue weighted by Gasteiger charge is 2.35. The summed E-state index contributed by atoms with van der Waals surface area (Å²) in [4.78, 5) is 40.7. The van der Waals surface area contributed by atoms with Crippen LogP contribution in [0.1, 0.15) is 35.4 Å². The van der Waals surface area contributed by atoms with Crippen molar-refractivity contribution in [2.75, 3.05) is 26.2 Å². The zero-order valence-corrected chi connectivity index (χ0v) is 21.0. The highest BCUT2D eigenvalue weighted by molar-refractivity contribution is 5.79. The number of carbonyl (C=O) groups excluding carboxylic acids is 2. The lowest BCUT2D eigenvalue weighted by molar-refractivity contribution is -0.138. The fraction of sp³-hybridized carbons (Fsp3) is 0.300. The van der Waals surface area contributed by atoms with Gasteiger partial charge < -0.3 is 24.4 Å². The van der Waals surface area contributed by atoms with Crippen molar-refractivity contribution in [2.24, 2.45) is 0 Å². The Kier molecular flexibility index (Phi) is 7.58. The lowest BCUT2D eigenvalue weighted by atomic mass is 9.98. The van der Waals surface area contributed by atoms with Gasteiger partial charge in [-0.25, -0.2) is 9.59 Å². The van der Waals surface area contributed by atoms with Gasteiger partial charge in [0, 0.05) is 25.6 Å². The summed E-state index contributed by atoms with van der Waals surface area (Å²) >= 11 is 0. The van der Waals surface area contributed by atoms with Gasteiger partial charge in [-0.05, 0) is 34.2 Å². The second kappa shape index (κ2) is 11.4. The van der Waals surface area contributed by atoms with Gasteiger partial charge in [-0.1, -0.05) is 78.9 Å². The van der Waals surface area contributed by atoms with E-state index in [0.29, 0.717) is 13.0 Å². The zero-order chi connectivity index (χ0) is 26.5. The Morgan fingerprint density at radius 1 is 0.789 bits per heavy atom. The molecule has 2 amide bonds. The zero-order valence-electron chi connectivity index (χ0n) is 21.0. The van der Waals surface area contributed by atoms with E-state index in [2.05, 4.69) is 12.1 Å². The molecule has 1 fully saturated rings. The van der Waals surface area contributed by atoms with Crippen molar-refractivity contribution < 1.29 is 29.0 Å². The van der Waals surface area contributed by atoms with Gasteiger partial charge in [0.2, 0.25) is 0 Å². The molecule has 2 aliphatic rings. The van der Waals surface area contributed by atoms with E-state index in [1.165, 1.54) is 9.80 Å². The Labute approximate surface area is 221 Å². The fourth-order valence-corrected chi connectivity index (χ4v) is 5.33. The third-order valence-electron chi connectivity index (χ3n) is 7.14. The minimum Gasteiger partial charge on any atom is -0.481 e. The fourth-order valence-electron chi connectivity index (χ4n) is 5.33.